The molecule has 0 amide bonds. The van der Waals surface area contributed by atoms with Crippen molar-refractivity contribution in [3.05, 3.63) is 29.8 Å². The molecule has 86 valence electrons. The first-order chi connectivity index (χ1) is 7.65. The van der Waals surface area contributed by atoms with Crippen LogP contribution in [0.15, 0.2) is 24.3 Å². The van der Waals surface area contributed by atoms with Crippen molar-refractivity contribution < 1.29 is 14.6 Å². The molecule has 0 unspecified atom stereocenters. The van der Waals surface area contributed by atoms with E-state index in [1.54, 1.807) is 6.07 Å². The van der Waals surface area contributed by atoms with Gasteiger partial charge in [0, 0.05) is 18.7 Å². The fraction of sp³-hybridized carbons (Fsp3) is 0.417. The first-order valence-corrected chi connectivity index (χ1v) is 5.30. The number of hydrogen-bond acceptors (Lipinski definition) is 3. The Bertz CT molecular complexity index is 386. The molecule has 16 heavy (non-hydrogen) atoms. The fourth-order valence-corrected chi connectivity index (χ4v) is 1.82. The normalized spacial score (nSPS) is 16.8. The topological polar surface area (TPSA) is 49.8 Å². The van der Waals surface area contributed by atoms with Gasteiger partial charge < -0.3 is 9.84 Å². The average molecular weight is 221 g/mol. The van der Waals surface area contributed by atoms with Crippen LogP contribution in [-0.2, 0) is 11.2 Å². The zero-order valence-electron chi connectivity index (χ0n) is 9.22. The van der Waals surface area contributed by atoms with E-state index in [9.17, 15) is 4.79 Å². The number of nitrogens with zero attached hydrogens (tertiary/aromatic N) is 1. The van der Waals surface area contributed by atoms with Gasteiger partial charge in [0.25, 0.3) is 0 Å². The lowest BCUT2D eigenvalue weighted by molar-refractivity contribution is -0.136. The van der Waals surface area contributed by atoms with E-state index in [0.717, 1.165) is 18.7 Å². The number of carboxylic acid groups (broad SMARTS) is 1. The molecule has 0 spiro atoms. The van der Waals surface area contributed by atoms with Crippen LogP contribution in [0, 0.1) is 0 Å². The van der Waals surface area contributed by atoms with E-state index in [-0.39, 0.29) is 12.5 Å². The van der Waals surface area contributed by atoms with E-state index in [2.05, 4.69) is 4.90 Å². The minimum Gasteiger partial charge on any atom is -0.487 e. The van der Waals surface area contributed by atoms with Gasteiger partial charge in [-0.1, -0.05) is 18.2 Å². The van der Waals surface area contributed by atoms with Crippen LogP contribution in [0.1, 0.15) is 5.56 Å². The van der Waals surface area contributed by atoms with Gasteiger partial charge in [0.05, 0.1) is 6.42 Å². The second-order valence-corrected chi connectivity index (χ2v) is 4.14. The maximum atomic E-state index is 10.7. The molecular formula is C12H15NO3. The summed E-state index contributed by atoms with van der Waals surface area (Å²) in [7, 11) is 2.03. The molecule has 1 aromatic rings. The van der Waals surface area contributed by atoms with Crippen molar-refractivity contribution in [2.75, 3.05) is 20.1 Å². The Labute approximate surface area is 94.4 Å². The number of likely N-dealkylation sites (N-methyl/N-ethyl adjacent to an activating group) is 1. The molecule has 2 rings (SSSR count). The zero-order valence-corrected chi connectivity index (χ0v) is 9.22. The monoisotopic (exact) mass is 221 g/mol. The fourth-order valence-electron chi connectivity index (χ4n) is 1.82. The number of carboxylic acids is 1. The van der Waals surface area contributed by atoms with Gasteiger partial charge in [-0.2, -0.15) is 0 Å². The molecule has 1 aliphatic rings. The Kier molecular flexibility index (Phi) is 3.10. The second-order valence-electron chi connectivity index (χ2n) is 4.14. The smallest absolute Gasteiger partial charge is 0.307 e. The van der Waals surface area contributed by atoms with Crippen LogP contribution in [0.2, 0.25) is 0 Å². The highest BCUT2D eigenvalue weighted by Gasteiger charge is 2.25. The van der Waals surface area contributed by atoms with Gasteiger partial charge in [0.2, 0.25) is 0 Å². The van der Waals surface area contributed by atoms with Gasteiger partial charge in [-0.25, -0.2) is 0 Å². The summed E-state index contributed by atoms with van der Waals surface area (Å²) in [5.41, 5.74) is 0.740. The third-order valence-corrected chi connectivity index (χ3v) is 2.64. The third kappa shape index (κ3) is 2.52. The highest BCUT2D eigenvalue weighted by molar-refractivity contribution is 5.71. The zero-order chi connectivity index (χ0) is 11.5. The molecule has 4 nitrogen and oxygen atoms in total. The van der Waals surface area contributed by atoms with Gasteiger partial charge in [-0.3, -0.25) is 9.69 Å². The largest absolute Gasteiger partial charge is 0.487 e. The highest BCUT2D eigenvalue weighted by Crippen LogP contribution is 2.22. The standard InChI is InChI=1S/C12H15NO3/c1-13-7-10(8-13)16-11-5-3-2-4-9(11)6-12(14)15/h2-5,10H,6-8H2,1H3,(H,14,15). The molecule has 0 aliphatic carbocycles. The molecule has 1 aliphatic heterocycles. The number of aliphatic carboxylic acids is 1. The Balaban J connectivity index is 2.04. The number of hydrogen-bond donors (Lipinski definition) is 1. The number of carbonyl (C=O) groups is 1. The van der Waals surface area contributed by atoms with E-state index in [1.165, 1.54) is 0 Å². The van der Waals surface area contributed by atoms with E-state index < -0.39 is 5.97 Å². The van der Waals surface area contributed by atoms with Crippen molar-refractivity contribution in [3.8, 4) is 5.75 Å². The molecule has 1 fully saturated rings. The van der Waals surface area contributed by atoms with Crippen LogP contribution in [0.5, 0.6) is 5.75 Å². The first kappa shape index (κ1) is 11.0. The van der Waals surface area contributed by atoms with E-state index >= 15 is 0 Å². The van der Waals surface area contributed by atoms with E-state index in [4.69, 9.17) is 9.84 Å². The van der Waals surface area contributed by atoms with Gasteiger partial charge in [-0.15, -0.1) is 0 Å². The van der Waals surface area contributed by atoms with Crippen LogP contribution in [0.3, 0.4) is 0 Å². The lowest BCUT2D eigenvalue weighted by Gasteiger charge is -2.36. The average Bonchev–Trinajstić information content (AvgIpc) is 2.17. The van der Waals surface area contributed by atoms with Gasteiger partial charge in [-0.05, 0) is 13.1 Å². The van der Waals surface area contributed by atoms with Crippen LogP contribution in [-0.4, -0.2) is 42.2 Å². The van der Waals surface area contributed by atoms with Crippen molar-refractivity contribution in [1.82, 2.24) is 4.90 Å². The molecule has 1 saturated heterocycles. The van der Waals surface area contributed by atoms with Crippen molar-refractivity contribution in [2.45, 2.75) is 12.5 Å². The summed E-state index contributed by atoms with van der Waals surface area (Å²) in [6.07, 6.45) is 0.207. The summed E-state index contributed by atoms with van der Waals surface area (Å²) in [5, 5.41) is 8.77. The van der Waals surface area contributed by atoms with Crippen molar-refractivity contribution >= 4 is 5.97 Å². The SMILES string of the molecule is CN1CC(Oc2ccccc2CC(=O)O)C1. The van der Waals surface area contributed by atoms with Crippen LogP contribution in [0.25, 0.3) is 0 Å². The Morgan fingerprint density at radius 3 is 2.81 bits per heavy atom. The minimum atomic E-state index is -0.832. The predicted molar refractivity (Wildman–Crippen MR) is 59.7 cm³/mol. The molecule has 0 radical (unpaired) electrons. The highest BCUT2D eigenvalue weighted by atomic mass is 16.5. The minimum absolute atomic E-state index is 0.0126. The maximum absolute atomic E-state index is 10.7. The number of ether oxygens (including phenoxy) is 1. The van der Waals surface area contributed by atoms with Crippen molar-refractivity contribution in [3.63, 3.8) is 0 Å². The Hall–Kier alpha value is -1.55. The third-order valence-electron chi connectivity index (χ3n) is 2.64. The van der Waals surface area contributed by atoms with Crippen molar-refractivity contribution in [1.29, 1.82) is 0 Å². The summed E-state index contributed by atoms with van der Waals surface area (Å²) in [4.78, 5) is 12.8. The molecule has 4 heteroatoms. The first-order valence-electron chi connectivity index (χ1n) is 5.30. The lowest BCUT2D eigenvalue weighted by Crippen LogP contribution is -2.51. The van der Waals surface area contributed by atoms with E-state index in [1.807, 2.05) is 25.2 Å². The number of likely N-dealkylation sites (tertiary alicyclic amines) is 1. The number of para-hydroxylation sites is 1. The maximum Gasteiger partial charge on any atom is 0.307 e. The summed E-state index contributed by atoms with van der Waals surface area (Å²) >= 11 is 0. The van der Waals surface area contributed by atoms with Crippen LogP contribution < -0.4 is 4.74 Å². The predicted octanol–water partition coefficient (Wildman–Crippen LogP) is 1.01. The summed E-state index contributed by atoms with van der Waals surface area (Å²) in [6, 6.07) is 7.32. The van der Waals surface area contributed by atoms with Crippen molar-refractivity contribution in [2.24, 2.45) is 0 Å². The molecule has 0 aromatic heterocycles. The molecule has 1 aromatic carbocycles. The van der Waals surface area contributed by atoms with Crippen LogP contribution in [0.4, 0.5) is 0 Å². The number of benzene rings is 1. The Morgan fingerprint density at radius 2 is 2.19 bits per heavy atom. The second kappa shape index (κ2) is 4.53. The van der Waals surface area contributed by atoms with Gasteiger partial charge >= 0.3 is 5.97 Å². The molecule has 0 bridgehead atoms. The molecule has 1 N–H and O–H groups in total. The van der Waals surface area contributed by atoms with Gasteiger partial charge in [0.1, 0.15) is 11.9 Å². The van der Waals surface area contributed by atoms with Crippen LogP contribution >= 0.6 is 0 Å². The molecule has 0 atom stereocenters. The van der Waals surface area contributed by atoms with Gasteiger partial charge in [0.15, 0.2) is 0 Å². The summed E-state index contributed by atoms with van der Waals surface area (Å²) < 4.78 is 5.75. The van der Waals surface area contributed by atoms with E-state index in [0.29, 0.717) is 5.75 Å². The molecule has 0 saturated carbocycles. The summed E-state index contributed by atoms with van der Waals surface area (Å²) in [6.45, 7) is 1.81. The lowest BCUT2D eigenvalue weighted by atomic mass is 10.1. The molecular weight excluding hydrogens is 206 g/mol. The summed E-state index contributed by atoms with van der Waals surface area (Å²) in [5.74, 6) is -0.134. The Morgan fingerprint density at radius 1 is 1.50 bits per heavy atom. The molecule has 1 heterocycles. The number of rotatable bonds is 4. The quantitative estimate of drug-likeness (QED) is 0.824.